The molecule has 0 bridgehead atoms. The van der Waals surface area contributed by atoms with Gasteiger partial charge in [-0.25, -0.2) is 0 Å². The summed E-state index contributed by atoms with van der Waals surface area (Å²) in [5.74, 6) is -0.671. The van der Waals surface area contributed by atoms with Crippen LogP contribution in [-0.4, -0.2) is 11.1 Å². The van der Waals surface area contributed by atoms with Gasteiger partial charge in [0.2, 0.25) is 0 Å². The van der Waals surface area contributed by atoms with Crippen LogP contribution in [0.3, 0.4) is 0 Å². The van der Waals surface area contributed by atoms with Crippen molar-refractivity contribution in [2.45, 2.75) is 84.0 Å². The molecular formula is C18H32O2. The molecule has 0 fully saturated rings. The van der Waals surface area contributed by atoms with E-state index in [0.717, 1.165) is 25.7 Å². The highest BCUT2D eigenvalue weighted by Gasteiger charge is 1.95. The second-order valence-corrected chi connectivity index (χ2v) is 5.37. The summed E-state index contributed by atoms with van der Waals surface area (Å²) in [6.07, 6.45) is 22.3. The van der Waals surface area contributed by atoms with E-state index in [4.69, 9.17) is 5.11 Å². The first-order valence-corrected chi connectivity index (χ1v) is 8.29. The van der Waals surface area contributed by atoms with Crippen LogP contribution in [0.5, 0.6) is 0 Å². The van der Waals surface area contributed by atoms with Gasteiger partial charge in [-0.1, -0.05) is 63.3 Å². The largest absolute Gasteiger partial charge is 0.481 e. The normalized spacial score (nSPS) is 11.7. The molecule has 0 unspecified atom stereocenters. The number of rotatable bonds is 14. The van der Waals surface area contributed by atoms with Gasteiger partial charge in [-0.05, 0) is 38.5 Å². The first-order valence-electron chi connectivity index (χ1n) is 8.29. The predicted octanol–water partition coefficient (Wildman–Crippen LogP) is 5.88. The van der Waals surface area contributed by atoms with Crippen molar-refractivity contribution in [3.05, 3.63) is 24.3 Å². The van der Waals surface area contributed by atoms with Crippen LogP contribution in [0.15, 0.2) is 24.3 Å². The zero-order valence-corrected chi connectivity index (χ0v) is 13.2. The maximum atomic E-state index is 10.3. The fraction of sp³-hybridized carbons (Fsp3) is 0.722. The van der Waals surface area contributed by atoms with Crippen LogP contribution < -0.4 is 0 Å². The standard InChI is InChI=1S/C18H32O2/c1-2-3-4-5-6-7-8-9-10-11-12-13-14-15-16-17-18(19)20/h6-7,9-10H,2-5,8,11-17H2,1H3,(H,19,20)/b7-6-,10-9-/i18+2. The molecule has 0 amide bonds. The highest BCUT2D eigenvalue weighted by atomic mass is 16.6. The Labute approximate surface area is 125 Å². The summed E-state index contributed by atoms with van der Waals surface area (Å²) in [4.78, 5) is 10.3. The molecule has 1 N–H and O–H groups in total. The lowest BCUT2D eigenvalue weighted by Crippen LogP contribution is -1.93. The van der Waals surface area contributed by atoms with Crippen LogP contribution in [0.2, 0.25) is 0 Å². The third-order valence-electron chi connectivity index (χ3n) is 3.34. The third-order valence-corrected chi connectivity index (χ3v) is 3.34. The Bertz CT molecular complexity index is 267. The Morgan fingerprint density at radius 3 is 1.95 bits per heavy atom. The van der Waals surface area contributed by atoms with E-state index in [-0.39, 0.29) is 0 Å². The number of allylic oxidation sites excluding steroid dienone is 4. The Morgan fingerprint density at radius 1 is 0.800 bits per heavy atom. The molecule has 0 aromatic heterocycles. The summed E-state index contributed by atoms with van der Waals surface area (Å²) in [6.45, 7) is 2.23. The molecule has 20 heavy (non-hydrogen) atoms. The topological polar surface area (TPSA) is 37.3 Å². The average Bonchev–Trinajstić information content (AvgIpc) is 2.43. The van der Waals surface area contributed by atoms with E-state index >= 15 is 0 Å². The van der Waals surface area contributed by atoms with Gasteiger partial charge >= 0.3 is 5.97 Å². The summed E-state index contributed by atoms with van der Waals surface area (Å²) in [7, 11) is 0. The van der Waals surface area contributed by atoms with Crippen molar-refractivity contribution < 1.29 is 9.90 Å². The predicted molar refractivity (Wildman–Crippen MR) is 87.0 cm³/mol. The highest BCUT2D eigenvalue weighted by Crippen LogP contribution is 2.08. The molecule has 0 aromatic carbocycles. The fourth-order valence-corrected chi connectivity index (χ4v) is 2.09. The van der Waals surface area contributed by atoms with E-state index in [1.165, 1.54) is 44.9 Å². The monoisotopic (exact) mass is 282 g/mol. The number of aliphatic carboxylic acids is 1. The Hall–Kier alpha value is -1.05. The van der Waals surface area contributed by atoms with E-state index in [1.54, 1.807) is 0 Å². The maximum absolute atomic E-state index is 10.3. The van der Waals surface area contributed by atoms with Gasteiger partial charge in [0.1, 0.15) is 0 Å². The zero-order chi connectivity index (χ0) is 14.9. The molecule has 116 valence electrons. The summed E-state index contributed by atoms with van der Waals surface area (Å²) in [5.41, 5.74) is 0. The second-order valence-electron chi connectivity index (χ2n) is 5.37. The van der Waals surface area contributed by atoms with Crippen LogP contribution in [-0.2, 0) is 4.79 Å². The molecule has 0 saturated carbocycles. The van der Waals surface area contributed by atoms with Gasteiger partial charge in [-0.15, -0.1) is 0 Å². The SMILES string of the molecule is CCCCC/C=C\C/C=C\CCCCCCC[14C](=O)O. The molecule has 0 aliphatic rings. The summed E-state index contributed by atoms with van der Waals surface area (Å²) < 4.78 is 0. The van der Waals surface area contributed by atoms with E-state index in [0.29, 0.717) is 6.42 Å². The second kappa shape index (κ2) is 16.0. The number of hydrogen-bond donors (Lipinski definition) is 1. The molecule has 0 aromatic rings. The molecular weight excluding hydrogens is 250 g/mol. The number of hydrogen-bond acceptors (Lipinski definition) is 1. The van der Waals surface area contributed by atoms with Crippen LogP contribution in [0.1, 0.15) is 84.0 Å². The molecule has 0 spiro atoms. The lowest BCUT2D eigenvalue weighted by molar-refractivity contribution is -0.137. The highest BCUT2D eigenvalue weighted by molar-refractivity contribution is 5.66. The molecule has 0 saturated heterocycles. The molecule has 0 heterocycles. The van der Waals surface area contributed by atoms with Crippen molar-refractivity contribution in [3.63, 3.8) is 0 Å². The molecule has 0 radical (unpaired) electrons. The van der Waals surface area contributed by atoms with Gasteiger partial charge < -0.3 is 5.11 Å². The summed E-state index contributed by atoms with van der Waals surface area (Å²) in [5, 5.41) is 8.50. The number of carboxylic acids is 1. The minimum Gasteiger partial charge on any atom is -0.481 e. The maximum Gasteiger partial charge on any atom is 0.303 e. The summed E-state index contributed by atoms with van der Waals surface area (Å²) in [6, 6.07) is 0. The Kier molecular flexibility index (Phi) is 15.2. The summed E-state index contributed by atoms with van der Waals surface area (Å²) >= 11 is 0. The zero-order valence-electron chi connectivity index (χ0n) is 13.2. The molecule has 0 aliphatic carbocycles. The minimum atomic E-state index is -0.671. The molecule has 0 aliphatic heterocycles. The number of carboxylic acid groups (broad SMARTS) is 1. The first kappa shape index (κ1) is 18.9. The van der Waals surface area contributed by atoms with Gasteiger partial charge in [0.05, 0.1) is 0 Å². The number of carbonyl (C=O) groups is 1. The van der Waals surface area contributed by atoms with Crippen molar-refractivity contribution >= 4 is 5.97 Å². The van der Waals surface area contributed by atoms with Crippen LogP contribution in [0, 0.1) is 0 Å². The van der Waals surface area contributed by atoms with Gasteiger partial charge in [0.25, 0.3) is 0 Å². The fourth-order valence-electron chi connectivity index (χ4n) is 2.09. The average molecular weight is 282 g/mol. The van der Waals surface area contributed by atoms with Gasteiger partial charge in [-0.3, -0.25) is 4.79 Å². The molecule has 2 nitrogen and oxygen atoms in total. The lowest BCUT2D eigenvalue weighted by atomic mass is 10.1. The van der Waals surface area contributed by atoms with Gasteiger partial charge in [-0.2, -0.15) is 0 Å². The lowest BCUT2D eigenvalue weighted by Gasteiger charge is -1.98. The van der Waals surface area contributed by atoms with Crippen molar-refractivity contribution in [2.24, 2.45) is 0 Å². The Morgan fingerprint density at radius 2 is 1.35 bits per heavy atom. The van der Waals surface area contributed by atoms with Gasteiger partial charge in [0, 0.05) is 6.42 Å². The van der Waals surface area contributed by atoms with Crippen LogP contribution in [0.25, 0.3) is 0 Å². The minimum absolute atomic E-state index is 0.324. The van der Waals surface area contributed by atoms with Crippen LogP contribution in [0.4, 0.5) is 0 Å². The van der Waals surface area contributed by atoms with Crippen molar-refractivity contribution in [3.8, 4) is 0 Å². The molecule has 0 rings (SSSR count). The Balaban J connectivity index is 3.17. The number of unbranched alkanes of at least 4 members (excludes halogenated alkanes) is 8. The quantitative estimate of drug-likeness (QED) is 0.319. The van der Waals surface area contributed by atoms with E-state index in [2.05, 4.69) is 31.2 Å². The molecule has 2 heteroatoms. The first-order chi connectivity index (χ1) is 9.77. The van der Waals surface area contributed by atoms with Gasteiger partial charge in [0.15, 0.2) is 0 Å². The smallest absolute Gasteiger partial charge is 0.303 e. The van der Waals surface area contributed by atoms with E-state index in [9.17, 15) is 4.79 Å². The third kappa shape index (κ3) is 16.9. The van der Waals surface area contributed by atoms with Crippen LogP contribution >= 0.6 is 0 Å². The van der Waals surface area contributed by atoms with Crippen molar-refractivity contribution in [1.82, 2.24) is 0 Å². The van der Waals surface area contributed by atoms with Crippen molar-refractivity contribution in [2.75, 3.05) is 0 Å². The van der Waals surface area contributed by atoms with E-state index in [1.807, 2.05) is 0 Å². The molecule has 0 atom stereocenters. The van der Waals surface area contributed by atoms with Crippen molar-refractivity contribution in [1.29, 1.82) is 0 Å². The van der Waals surface area contributed by atoms with E-state index < -0.39 is 5.97 Å².